The molecule has 110 valence electrons. The van der Waals surface area contributed by atoms with Gasteiger partial charge < -0.3 is 14.8 Å². The molecule has 0 aromatic heterocycles. The van der Waals surface area contributed by atoms with Crippen LogP contribution in [-0.2, 0) is 9.47 Å². The largest absolute Gasteiger partial charge is 0.465 e. The molecule has 0 radical (unpaired) electrons. The highest BCUT2D eigenvalue weighted by atomic mass is 19.1. The van der Waals surface area contributed by atoms with Crippen molar-refractivity contribution in [3.63, 3.8) is 0 Å². The van der Waals surface area contributed by atoms with E-state index in [0.29, 0.717) is 19.3 Å². The third-order valence-electron chi connectivity index (χ3n) is 3.52. The van der Waals surface area contributed by atoms with Gasteiger partial charge in [-0.25, -0.2) is 13.6 Å². The first-order chi connectivity index (χ1) is 9.52. The van der Waals surface area contributed by atoms with Crippen LogP contribution in [0.5, 0.6) is 0 Å². The Morgan fingerprint density at radius 1 is 1.45 bits per heavy atom. The molecule has 1 saturated heterocycles. The highest BCUT2D eigenvalue weighted by molar-refractivity contribution is 5.90. The van der Waals surface area contributed by atoms with Crippen molar-refractivity contribution in [2.75, 3.05) is 25.6 Å². The minimum atomic E-state index is -0.934. The Morgan fingerprint density at radius 3 is 2.80 bits per heavy atom. The molecule has 2 atom stereocenters. The van der Waals surface area contributed by atoms with Crippen LogP contribution in [0.15, 0.2) is 12.1 Å². The van der Waals surface area contributed by atoms with Crippen molar-refractivity contribution in [3.05, 3.63) is 29.3 Å². The molecule has 1 aliphatic rings. The number of rotatable bonds is 4. The summed E-state index contributed by atoms with van der Waals surface area (Å²) < 4.78 is 37.0. The summed E-state index contributed by atoms with van der Waals surface area (Å²) in [5.41, 5.74) is -0.197. The van der Waals surface area contributed by atoms with Crippen molar-refractivity contribution in [1.29, 1.82) is 0 Å². The molecule has 0 spiro atoms. The number of halogens is 2. The predicted octanol–water partition coefficient (Wildman–Crippen LogP) is 2.59. The molecular formula is C14H17F2NO3. The number of carbonyl (C=O) groups is 1. The molecule has 1 heterocycles. The van der Waals surface area contributed by atoms with Crippen molar-refractivity contribution < 1.29 is 23.0 Å². The second-order valence-corrected chi connectivity index (χ2v) is 4.86. The van der Waals surface area contributed by atoms with Crippen LogP contribution in [-0.4, -0.2) is 32.3 Å². The second kappa shape index (κ2) is 6.17. The zero-order chi connectivity index (χ0) is 14.7. The van der Waals surface area contributed by atoms with Gasteiger partial charge in [0, 0.05) is 24.6 Å². The first-order valence-corrected chi connectivity index (χ1v) is 6.44. The molecule has 0 amide bonds. The van der Waals surface area contributed by atoms with Gasteiger partial charge in [-0.1, -0.05) is 0 Å². The smallest absolute Gasteiger partial charge is 0.340 e. The SMILES string of the molecule is COC(=O)c1cc(NC(C)C2CCOC2)c(F)cc1F. The summed E-state index contributed by atoms with van der Waals surface area (Å²) in [6.07, 6.45) is 0.890. The summed E-state index contributed by atoms with van der Waals surface area (Å²) in [6.45, 7) is 3.21. The van der Waals surface area contributed by atoms with E-state index in [1.807, 2.05) is 6.92 Å². The average molecular weight is 285 g/mol. The maximum atomic E-state index is 13.8. The number of hydrogen-bond donors (Lipinski definition) is 1. The van der Waals surface area contributed by atoms with Crippen LogP contribution in [0, 0.1) is 17.6 Å². The van der Waals surface area contributed by atoms with Crippen LogP contribution in [0.2, 0.25) is 0 Å². The minimum Gasteiger partial charge on any atom is -0.465 e. The van der Waals surface area contributed by atoms with Gasteiger partial charge >= 0.3 is 5.97 Å². The lowest BCUT2D eigenvalue weighted by molar-refractivity contribution is 0.0595. The van der Waals surface area contributed by atoms with Crippen LogP contribution in [0.4, 0.5) is 14.5 Å². The minimum absolute atomic E-state index is 0.0389. The Labute approximate surface area is 116 Å². The summed E-state index contributed by atoms with van der Waals surface area (Å²) in [6, 6.07) is 1.79. The van der Waals surface area contributed by atoms with Gasteiger partial charge in [-0.3, -0.25) is 0 Å². The van der Waals surface area contributed by atoms with E-state index in [9.17, 15) is 13.6 Å². The molecule has 1 aromatic rings. The van der Waals surface area contributed by atoms with Crippen LogP contribution in [0.1, 0.15) is 23.7 Å². The highest BCUT2D eigenvalue weighted by Gasteiger charge is 2.24. The molecule has 6 heteroatoms. The first kappa shape index (κ1) is 14.7. The Balaban J connectivity index is 2.20. The molecule has 0 saturated carbocycles. The fourth-order valence-corrected chi connectivity index (χ4v) is 2.24. The van der Waals surface area contributed by atoms with Crippen LogP contribution >= 0.6 is 0 Å². The topological polar surface area (TPSA) is 47.6 Å². The molecular weight excluding hydrogens is 268 g/mol. The van der Waals surface area contributed by atoms with Gasteiger partial charge in [0.2, 0.25) is 0 Å². The number of methoxy groups -OCH3 is 1. The molecule has 1 aromatic carbocycles. The van der Waals surface area contributed by atoms with E-state index < -0.39 is 17.6 Å². The number of carbonyl (C=O) groups excluding carboxylic acids is 1. The van der Waals surface area contributed by atoms with Gasteiger partial charge in [0.25, 0.3) is 0 Å². The maximum absolute atomic E-state index is 13.8. The molecule has 2 unspecified atom stereocenters. The van der Waals surface area contributed by atoms with E-state index in [4.69, 9.17) is 4.74 Å². The molecule has 1 fully saturated rings. The summed E-state index contributed by atoms with van der Waals surface area (Å²) in [5.74, 6) is -2.24. The zero-order valence-corrected chi connectivity index (χ0v) is 11.4. The fraction of sp³-hybridized carbons (Fsp3) is 0.500. The lowest BCUT2D eigenvalue weighted by atomic mass is 10.0. The predicted molar refractivity (Wildman–Crippen MR) is 69.7 cm³/mol. The molecule has 1 N–H and O–H groups in total. The summed E-state index contributed by atoms with van der Waals surface area (Å²) in [7, 11) is 1.15. The lowest BCUT2D eigenvalue weighted by Gasteiger charge is -2.21. The molecule has 2 rings (SSSR count). The standard InChI is InChI=1S/C14H17F2NO3/c1-8(9-3-4-20-7-9)17-13-5-10(14(18)19-2)11(15)6-12(13)16/h5-6,8-9,17H,3-4,7H2,1-2H3. The number of anilines is 1. The monoisotopic (exact) mass is 285 g/mol. The molecule has 0 bridgehead atoms. The molecule has 20 heavy (non-hydrogen) atoms. The van der Waals surface area contributed by atoms with E-state index in [-0.39, 0.29) is 23.2 Å². The van der Waals surface area contributed by atoms with Gasteiger partial charge in [0.05, 0.1) is 25.0 Å². The van der Waals surface area contributed by atoms with Crippen molar-refractivity contribution >= 4 is 11.7 Å². The number of hydrogen-bond acceptors (Lipinski definition) is 4. The van der Waals surface area contributed by atoms with Crippen LogP contribution in [0.25, 0.3) is 0 Å². The van der Waals surface area contributed by atoms with Gasteiger partial charge in [-0.2, -0.15) is 0 Å². The van der Waals surface area contributed by atoms with Crippen LogP contribution < -0.4 is 5.32 Å². The van der Waals surface area contributed by atoms with Gasteiger partial charge in [-0.05, 0) is 19.4 Å². The van der Waals surface area contributed by atoms with Gasteiger partial charge in [0.1, 0.15) is 11.6 Å². The normalized spacial score (nSPS) is 19.7. The highest BCUT2D eigenvalue weighted by Crippen LogP contribution is 2.24. The summed E-state index contributed by atoms with van der Waals surface area (Å²) >= 11 is 0. The molecule has 4 nitrogen and oxygen atoms in total. The quantitative estimate of drug-likeness (QED) is 0.864. The number of benzene rings is 1. The van der Waals surface area contributed by atoms with E-state index in [1.165, 1.54) is 0 Å². The first-order valence-electron chi connectivity index (χ1n) is 6.44. The number of nitrogens with one attached hydrogen (secondary N) is 1. The Hall–Kier alpha value is -1.69. The van der Waals surface area contributed by atoms with E-state index in [0.717, 1.165) is 19.6 Å². The summed E-state index contributed by atoms with van der Waals surface area (Å²) in [4.78, 5) is 11.4. The third kappa shape index (κ3) is 3.07. The second-order valence-electron chi connectivity index (χ2n) is 4.86. The van der Waals surface area contributed by atoms with Crippen LogP contribution in [0.3, 0.4) is 0 Å². The van der Waals surface area contributed by atoms with Crippen molar-refractivity contribution in [2.24, 2.45) is 5.92 Å². The van der Waals surface area contributed by atoms with E-state index in [2.05, 4.69) is 10.1 Å². The fourth-order valence-electron chi connectivity index (χ4n) is 2.24. The number of ether oxygens (including phenoxy) is 2. The Morgan fingerprint density at radius 2 is 2.20 bits per heavy atom. The van der Waals surface area contributed by atoms with Crippen molar-refractivity contribution in [2.45, 2.75) is 19.4 Å². The summed E-state index contributed by atoms with van der Waals surface area (Å²) in [5, 5.41) is 2.97. The zero-order valence-electron chi connectivity index (χ0n) is 11.4. The van der Waals surface area contributed by atoms with Gasteiger partial charge in [0.15, 0.2) is 0 Å². The Kier molecular flexibility index (Phi) is 4.54. The number of esters is 1. The third-order valence-corrected chi connectivity index (χ3v) is 3.52. The average Bonchev–Trinajstić information content (AvgIpc) is 2.95. The molecule has 0 aliphatic carbocycles. The Bertz CT molecular complexity index is 501. The van der Waals surface area contributed by atoms with Gasteiger partial charge in [-0.15, -0.1) is 0 Å². The van der Waals surface area contributed by atoms with E-state index in [1.54, 1.807) is 0 Å². The molecule has 1 aliphatic heterocycles. The van der Waals surface area contributed by atoms with E-state index >= 15 is 0 Å². The van der Waals surface area contributed by atoms with Crippen molar-refractivity contribution in [1.82, 2.24) is 0 Å². The lowest BCUT2D eigenvalue weighted by Crippen LogP contribution is -2.26. The maximum Gasteiger partial charge on any atom is 0.340 e. The van der Waals surface area contributed by atoms with Crippen molar-refractivity contribution in [3.8, 4) is 0 Å².